The van der Waals surface area contributed by atoms with Crippen LogP contribution in [0.3, 0.4) is 0 Å². The molecule has 0 radical (unpaired) electrons. The van der Waals surface area contributed by atoms with Gasteiger partial charge in [-0.2, -0.15) is 0 Å². The van der Waals surface area contributed by atoms with E-state index in [1.807, 2.05) is 38.1 Å². The van der Waals surface area contributed by atoms with Gasteiger partial charge in [-0.15, -0.1) is 0 Å². The Labute approximate surface area is 126 Å². The molecule has 0 aliphatic carbocycles. The molecule has 1 aromatic carbocycles. The van der Waals surface area contributed by atoms with Gasteiger partial charge in [-0.25, -0.2) is 0 Å². The fourth-order valence-corrected chi connectivity index (χ4v) is 2.70. The van der Waals surface area contributed by atoms with Crippen LogP contribution in [0.5, 0.6) is 0 Å². The molecule has 1 heterocycles. The molecular weight excluding hydrogens is 272 g/mol. The first kappa shape index (κ1) is 15.3. The van der Waals surface area contributed by atoms with Crippen molar-refractivity contribution in [3.63, 3.8) is 0 Å². The van der Waals surface area contributed by atoms with Crippen molar-refractivity contribution in [2.24, 2.45) is 5.92 Å². The smallest absolute Gasteiger partial charge is 0.230 e. The Morgan fingerprint density at radius 2 is 2.10 bits per heavy atom. The van der Waals surface area contributed by atoms with E-state index < -0.39 is 5.41 Å². The van der Waals surface area contributed by atoms with Gasteiger partial charge in [0.2, 0.25) is 5.91 Å². The molecule has 2 N–H and O–H groups in total. The second kappa shape index (κ2) is 6.59. The van der Waals surface area contributed by atoms with Crippen molar-refractivity contribution < 1.29 is 4.79 Å². The highest BCUT2D eigenvalue weighted by Gasteiger charge is 2.29. The number of rotatable bonds is 5. The molecule has 1 saturated heterocycles. The molecule has 1 aromatic rings. The van der Waals surface area contributed by atoms with Crippen LogP contribution in [0.4, 0.5) is 0 Å². The highest BCUT2D eigenvalue weighted by molar-refractivity contribution is 6.30. The van der Waals surface area contributed by atoms with Gasteiger partial charge in [0.15, 0.2) is 0 Å². The van der Waals surface area contributed by atoms with Crippen LogP contribution in [0.25, 0.3) is 0 Å². The van der Waals surface area contributed by atoms with Crippen molar-refractivity contribution in [1.82, 2.24) is 10.6 Å². The number of benzene rings is 1. The van der Waals surface area contributed by atoms with Gasteiger partial charge in [0.25, 0.3) is 0 Å². The van der Waals surface area contributed by atoms with Crippen LogP contribution >= 0.6 is 11.6 Å². The van der Waals surface area contributed by atoms with Gasteiger partial charge in [-0.1, -0.05) is 23.7 Å². The molecule has 4 heteroatoms. The monoisotopic (exact) mass is 294 g/mol. The summed E-state index contributed by atoms with van der Waals surface area (Å²) in [5.41, 5.74) is 0.459. The van der Waals surface area contributed by atoms with Crippen molar-refractivity contribution in [2.75, 3.05) is 19.6 Å². The number of hydrogen-bond acceptors (Lipinski definition) is 2. The summed E-state index contributed by atoms with van der Waals surface area (Å²) in [6.07, 6.45) is 2.27. The number of nitrogens with one attached hydrogen (secondary N) is 2. The van der Waals surface area contributed by atoms with E-state index in [0.717, 1.165) is 31.6 Å². The molecule has 0 saturated carbocycles. The summed E-state index contributed by atoms with van der Waals surface area (Å²) in [5, 5.41) is 7.10. The number of carbonyl (C=O) groups excluding carboxylic acids is 1. The molecule has 0 spiro atoms. The second-order valence-corrected chi connectivity index (χ2v) is 6.47. The van der Waals surface area contributed by atoms with E-state index >= 15 is 0 Å². The molecule has 110 valence electrons. The molecule has 20 heavy (non-hydrogen) atoms. The summed E-state index contributed by atoms with van der Waals surface area (Å²) in [5.74, 6) is 0.778. The molecular formula is C16H23ClN2O. The summed E-state index contributed by atoms with van der Waals surface area (Å²) in [6, 6.07) is 7.50. The van der Waals surface area contributed by atoms with E-state index in [9.17, 15) is 4.79 Å². The fourth-order valence-electron chi connectivity index (χ4n) is 2.57. The zero-order valence-electron chi connectivity index (χ0n) is 12.2. The van der Waals surface area contributed by atoms with Gasteiger partial charge < -0.3 is 10.6 Å². The normalized spacial score (nSPS) is 19.1. The molecule has 2 rings (SSSR count). The summed E-state index contributed by atoms with van der Waals surface area (Å²) in [4.78, 5) is 12.4. The number of carbonyl (C=O) groups is 1. The van der Waals surface area contributed by atoms with Crippen molar-refractivity contribution in [3.05, 3.63) is 34.9 Å². The lowest BCUT2D eigenvalue weighted by Gasteiger charge is -2.24. The molecule has 1 atom stereocenters. The average molecular weight is 295 g/mol. The molecule has 0 bridgehead atoms. The van der Waals surface area contributed by atoms with Gasteiger partial charge in [-0.3, -0.25) is 4.79 Å². The van der Waals surface area contributed by atoms with Gasteiger partial charge in [-0.05, 0) is 63.4 Å². The van der Waals surface area contributed by atoms with E-state index in [1.54, 1.807) is 0 Å². The SMILES string of the molecule is CC(C)(C(=O)NCCC1CCNC1)c1ccc(Cl)cc1. The Morgan fingerprint density at radius 3 is 2.70 bits per heavy atom. The Bertz CT molecular complexity index is 450. The quantitative estimate of drug-likeness (QED) is 0.877. The van der Waals surface area contributed by atoms with Crippen molar-refractivity contribution in [1.29, 1.82) is 0 Å². The fraction of sp³-hybridized carbons (Fsp3) is 0.562. The lowest BCUT2D eigenvalue weighted by atomic mass is 9.83. The summed E-state index contributed by atoms with van der Waals surface area (Å²) < 4.78 is 0. The van der Waals surface area contributed by atoms with Crippen molar-refractivity contribution in [3.8, 4) is 0 Å². The molecule has 0 aromatic heterocycles. The first-order chi connectivity index (χ1) is 9.50. The number of hydrogen-bond donors (Lipinski definition) is 2. The Balaban J connectivity index is 1.87. The van der Waals surface area contributed by atoms with Crippen LogP contribution in [0.2, 0.25) is 5.02 Å². The van der Waals surface area contributed by atoms with Crippen molar-refractivity contribution >= 4 is 17.5 Å². The minimum absolute atomic E-state index is 0.0748. The zero-order chi connectivity index (χ0) is 14.6. The van der Waals surface area contributed by atoms with Crippen LogP contribution < -0.4 is 10.6 Å². The van der Waals surface area contributed by atoms with Gasteiger partial charge in [0.05, 0.1) is 5.41 Å². The van der Waals surface area contributed by atoms with E-state index in [-0.39, 0.29) is 5.91 Å². The van der Waals surface area contributed by atoms with E-state index in [0.29, 0.717) is 10.9 Å². The van der Waals surface area contributed by atoms with Crippen molar-refractivity contribution in [2.45, 2.75) is 32.1 Å². The topological polar surface area (TPSA) is 41.1 Å². The van der Waals surface area contributed by atoms with E-state index in [2.05, 4.69) is 10.6 Å². The largest absolute Gasteiger partial charge is 0.355 e. The molecule has 1 unspecified atom stereocenters. The van der Waals surface area contributed by atoms with Crippen LogP contribution in [0, 0.1) is 5.92 Å². The predicted molar refractivity (Wildman–Crippen MR) is 83.1 cm³/mol. The highest BCUT2D eigenvalue weighted by atomic mass is 35.5. The number of amides is 1. The lowest BCUT2D eigenvalue weighted by molar-refractivity contribution is -0.125. The van der Waals surface area contributed by atoms with Crippen LogP contribution in [0.1, 0.15) is 32.3 Å². The van der Waals surface area contributed by atoms with Gasteiger partial charge in [0, 0.05) is 11.6 Å². The molecule has 1 amide bonds. The summed E-state index contributed by atoms with van der Waals surface area (Å²) in [6.45, 7) is 6.83. The minimum Gasteiger partial charge on any atom is -0.355 e. The van der Waals surface area contributed by atoms with Gasteiger partial charge >= 0.3 is 0 Å². The van der Waals surface area contributed by atoms with E-state index in [4.69, 9.17) is 11.6 Å². The van der Waals surface area contributed by atoms with Gasteiger partial charge in [0.1, 0.15) is 0 Å². The molecule has 1 fully saturated rings. The first-order valence-corrected chi connectivity index (χ1v) is 7.63. The molecule has 1 aliphatic rings. The third-order valence-corrected chi connectivity index (χ3v) is 4.39. The third-order valence-electron chi connectivity index (χ3n) is 4.13. The van der Waals surface area contributed by atoms with E-state index in [1.165, 1.54) is 6.42 Å². The van der Waals surface area contributed by atoms with Crippen LogP contribution in [0.15, 0.2) is 24.3 Å². The van der Waals surface area contributed by atoms with Crippen LogP contribution in [-0.2, 0) is 10.2 Å². The zero-order valence-corrected chi connectivity index (χ0v) is 13.0. The Hall–Kier alpha value is -1.06. The lowest BCUT2D eigenvalue weighted by Crippen LogP contribution is -2.40. The predicted octanol–water partition coefficient (Wildman–Crippen LogP) is 2.73. The summed E-state index contributed by atoms with van der Waals surface area (Å²) >= 11 is 5.89. The van der Waals surface area contributed by atoms with Crippen LogP contribution in [-0.4, -0.2) is 25.5 Å². The minimum atomic E-state index is -0.529. The summed E-state index contributed by atoms with van der Waals surface area (Å²) in [7, 11) is 0. The maximum atomic E-state index is 12.4. The maximum Gasteiger partial charge on any atom is 0.230 e. The third kappa shape index (κ3) is 3.74. The Kier molecular flexibility index (Phi) is 5.06. The highest BCUT2D eigenvalue weighted by Crippen LogP contribution is 2.25. The molecule has 3 nitrogen and oxygen atoms in total. The standard InChI is InChI=1S/C16H23ClN2O/c1-16(2,13-3-5-14(17)6-4-13)15(20)19-10-8-12-7-9-18-11-12/h3-6,12,18H,7-11H2,1-2H3,(H,19,20). The maximum absolute atomic E-state index is 12.4. The second-order valence-electron chi connectivity index (χ2n) is 6.04. The average Bonchev–Trinajstić information content (AvgIpc) is 2.92. The Morgan fingerprint density at radius 1 is 1.40 bits per heavy atom. The molecule has 1 aliphatic heterocycles. The number of halogens is 1. The first-order valence-electron chi connectivity index (χ1n) is 7.25.